The molecular weight excluding hydrogens is 241 g/mol. The Labute approximate surface area is 103 Å². The second-order valence-electron chi connectivity index (χ2n) is 3.72. The first-order valence-corrected chi connectivity index (χ1v) is 5.48. The maximum Gasteiger partial charge on any atom is 0.271 e. The number of carbonyl (C=O) groups excluding carboxylic acids is 1. The van der Waals surface area contributed by atoms with E-state index >= 15 is 0 Å². The number of hydrogen-bond donors (Lipinski definition) is 2. The molecule has 3 N–H and O–H groups in total. The fraction of sp³-hybridized carbons (Fsp3) is 0.364. The SMILES string of the molecule is NCCCCC(=O)Nc1cc([N+](=O)[O-])ccc1F. The molecule has 0 saturated heterocycles. The molecule has 0 saturated carbocycles. The van der Waals surface area contributed by atoms with Crippen molar-refractivity contribution in [2.45, 2.75) is 19.3 Å². The lowest BCUT2D eigenvalue weighted by Crippen LogP contribution is -2.13. The van der Waals surface area contributed by atoms with Crippen LogP contribution in [-0.4, -0.2) is 17.4 Å². The molecule has 98 valence electrons. The first-order valence-electron chi connectivity index (χ1n) is 5.48. The minimum absolute atomic E-state index is 0.179. The maximum absolute atomic E-state index is 13.3. The molecule has 0 radical (unpaired) electrons. The minimum atomic E-state index is -0.701. The number of non-ortho nitro benzene ring substituents is 1. The molecule has 0 aliphatic carbocycles. The molecule has 1 aromatic rings. The summed E-state index contributed by atoms with van der Waals surface area (Å²) in [7, 11) is 0. The molecule has 0 fully saturated rings. The summed E-state index contributed by atoms with van der Waals surface area (Å²) in [5.41, 5.74) is 4.83. The van der Waals surface area contributed by atoms with Gasteiger partial charge in [-0.25, -0.2) is 4.39 Å². The van der Waals surface area contributed by atoms with Gasteiger partial charge < -0.3 is 11.1 Å². The number of hydrogen-bond acceptors (Lipinski definition) is 4. The molecule has 0 heterocycles. The van der Waals surface area contributed by atoms with Gasteiger partial charge >= 0.3 is 0 Å². The highest BCUT2D eigenvalue weighted by Crippen LogP contribution is 2.21. The number of rotatable bonds is 6. The van der Waals surface area contributed by atoms with E-state index in [9.17, 15) is 19.3 Å². The zero-order chi connectivity index (χ0) is 13.5. The number of anilines is 1. The highest BCUT2D eigenvalue weighted by molar-refractivity contribution is 5.91. The van der Waals surface area contributed by atoms with E-state index in [-0.39, 0.29) is 23.7 Å². The average molecular weight is 255 g/mol. The Hall–Kier alpha value is -2.02. The van der Waals surface area contributed by atoms with Crippen LogP contribution in [0.5, 0.6) is 0 Å². The number of nitrogens with one attached hydrogen (secondary N) is 1. The average Bonchev–Trinajstić information content (AvgIpc) is 2.32. The molecule has 0 bridgehead atoms. The van der Waals surface area contributed by atoms with Gasteiger partial charge in [-0.05, 0) is 25.5 Å². The van der Waals surface area contributed by atoms with Gasteiger partial charge in [0.2, 0.25) is 5.91 Å². The van der Waals surface area contributed by atoms with Gasteiger partial charge in [-0.1, -0.05) is 0 Å². The molecule has 1 amide bonds. The van der Waals surface area contributed by atoms with Crippen molar-refractivity contribution in [3.63, 3.8) is 0 Å². The molecule has 6 nitrogen and oxygen atoms in total. The topological polar surface area (TPSA) is 98.3 Å². The van der Waals surface area contributed by atoms with Crippen LogP contribution >= 0.6 is 0 Å². The molecule has 0 aliphatic rings. The highest BCUT2D eigenvalue weighted by atomic mass is 19.1. The van der Waals surface area contributed by atoms with Crippen LogP contribution in [0.15, 0.2) is 18.2 Å². The van der Waals surface area contributed by atoms with Crippen LogP contribution in [0, 0.1) is 15.9 Å². The highest BCUT2D eigenvalue weighted by Gasteiger charge is 2.12. The molecule has 0 spiro atoms. The van der Waals surface area contributed by atoms with Crippen LogP contribution in [0.3, 0.4) is 0 Å². The van der Waals surface area contributed by atoms with Gasteiger partial charge in [0.05, 0.1) is 10.6 Å². The number of carbonyl (C=O) groups is 1. The monoisotopic (exact) mass is 255 g/mol. The van der Waals surface area contributed by atoms with Gasteiger partial charge in [0, 0.05) is 18.6 Å². The number of nitrogens with zero attached hydrogens (tertiary/aromatic N) is 1. The van der Waals surface area contributed by atoms with Crippen LogP contribution < -0.4 is 11.1 Å². The molecule has 0 aliphatic heterocycles. The summed E-state index contributed by atoms with van der Waals surface area (Å²) in [5, 5.41) is 12.8. The Morgan fingerprint density at radius 3 is 2.78 bits per heavy atom. The smallest absolute Gasteiger partial charge is 0.271 e. The van der Waals surface area contributed by atoms with Crippen molar-refractivity contribution >= 4 is 17.3 Å². The van der Waals surface area contributed by atoms with Gasteiger partial charge in [-0.3, -0.25) is 14.9 Å². The van der Waals surface area contributed by atoms with Crippen molar-refractivity contribution < 1.29 is 14.1 Å². The zero-order valence-corrected chi connectivity index (χ0v) is 9.69. The molecule has 18 heavy (non-hydrogen) atoms. The number of nitrogens with two attached hydrogens (primary N) is 1. The van der Waals surface area contributed by atoms with Crippen molar-refractivity contribution in [1.82, 2.24) is 0 Å². The Bertz CT molecular complexity index is 451. The normalized spacial score (nSPS) is 10.1. The Kier molecular flexibility index (Phi) is 5.19. The lowest BCUT2D eigenvalue weighted by atomic mass is 10.2. The van der Waals surface area contributed by atoms with Crippen molar-refractivity contribution in [2.75, 3.05) is 11.9 Å². The van der Waals surface area contributed by atoms with Crippen molar-refractivity contribution in [1.29, 1.82) is 0 Å². The standard InChI is InChI=1S/C11H14FN3O3/c12-9-5-4-8(15(17)18)7-10(9)14-11(16)3-1-2-6-13/h4-5,7H,1-3,6,13H2,(H,14,16). The van der Waals surface area contributed by atoms with Crippen LogP contribution in [0.2, 0.25) is 0 Å². The fourth-order valence-electron chi connectivity index (χ4n) is 1.37. The van der Waals surface area contributed by atoms with Gasteiger partial charge in [-0.2, -0.15) is 0 Å². The predicted molar refractivity (Wildman–Crippen MR) is 64.6 cm³/mol. The van der Waals surface area contributed by atoms with Gasteiger partial charge in [0.1, 0.15) is 5.82 Å². The molecule has 7 heteroatoms. The van der Waals surface area contributed by atoms with Crippen molar-refractivity contribution in [2.24, 2.45) is 5.73 Å². The van der Waals surface area contributed by atoms with Crippen LogP contribution in [0.4, 0.5) is 15.8 Å². The number of nitro groups is 1. The van der Waals surface area contributed by atoms with E-state index in [1.165, 1.54) is 0 Å². The van der Waals surface area contributed by atoms with Crippen LogP contribution in [0.25, 0.3) is 0 Å². The summed E-state index contributed by atoms with van der Waals surface area (Å²) in [6, 6.07) is 2.99. The first kappa shape index (κ1) is 14.0. The summed E-state index contributed by atoms with van der Waals surface area (Å²) in [6.07, 6.45) is 1.50. The summed E-state index contributed by atoms with van der Waals surface area (Å²) in [6.45, 7) is 0.485. The number of amides is 1. The van der Waals surface area contributed by atoms with Crippen LogP contribution in [-0.2, 0) is 4.79 Å². The third kappa shape index (κ3) is 4.10. The maximum atomic E-state index is 13.3. The van der Waals surface area contributed by atoms with E-state index in [0.29, 0.717) is 19.4 Å². The molecule has 1 aromatic carbocycles. The molecule has 0 aromatic heterocycles. The molecular formula is C11H14FN3O3. The van der Waals surface area contributed by atoms with E-state index in [2.05, 4.69) is 5.32 Å². The summed E-state index contributed by atoms with van der Waals surface area (Å²) >= 11 is 0. The summed E-state index contributed by atoms with van der Waals surface area (Å²) in [5.74, 6) is -1.09. The Balaban J connectivity index is 2.68. The summed E-state index contributed by atoms with van der Waals surface area (Å²) in [4.78, 5) is 21.3. The van der Waals surface area contributed by atoms with Crippen molar-refractivity contribution in [3.05, 3.63) is 34.1 Å². The fourth-order valence-corrected chi connectivity index (χ4v) is 1.37. The second kappa shape index (κ2) is 6.65. The van der Waals surface area contributed by atoms with E-state index in [0.717, 1.165) is 18.2 Å². The van der Waals surface area contributed by atoms with E-state index in [1.807, 2.05) is 0 Å². The number of unbranched alkanes of at least 4 members (excludes halogenated alkanes) is 1. The van der Waals surface area contributed by atoms with Crippen molar-refractivity contribution in [3.8, 4) is 0 Å². The van der Waals surface area contributed by atoms with Gasteiger partial charge in [0.25, 0.3) is 5.69 Å². The lowest BCUT2D eigenvalue weighted by molar-refractivity contribution is -0.384. The van der Waals surface area contributed by atoms with E-state index < -0.39 is 10.7 Å². The van der Waals surface area contributed by atoms with E-state index in [1.54, 1.807) is 0 Å². The zero-order valence-electron chi connectivity index (χ0n) is 9.69. The number of nitro benzene ring substituents is 1. The third-order valence-corrected chi connectivity index (χ3v) is 2.29. The van der Waals surface area contributed by atoms with Crippen LogP contribution in [0.1, 0.15) is 19.3 Å². The Morgan fingerprint density at radius 2 is 2.17 bits per heavy atom. The second-order valence-corrected chi connectivity index (χ2v) is 3.72. The van der Waals surface area contributed by atoms with Gasteiger partial charge in [-0.15, -0.1) is 0 Å². The summed E-state index contributed by atoms with van der Waals surface area (Å²) < 4.78 is 13.3. The quantitative estimate of drug-likeness (QED) is 0.460. The molecule has 0 unspecified atom stereocenters. The first-order chi connectivity index (χ1) is 8.54. The predicted octanol–water partition coefficient (Wildman–Crippen LogP) is 1.80. The molecule has 0 atom stereocenters. The number of benzene rings is 1. The third-order valence-electron chi connectivity index (χ3n) is 2.29. The van der Waals surface area contributed by atoms with Gasteiger partial charge in [0.15, 0.2) is 0 Å². The Morgan fingerprint density at radius 1 is 1.44 bits per heavy atom. The molecule has 1 rings (SSSR count). The lowest BCUT2D eigenvalue weighted by Gasteiger charge is -2.05. The largest absolute Gasteiger partial charge is 0.330 e. The number of halogens is 1. The minimum Gasteiger partial charge on any atom is -0.330 e. The van der Waals surface area contributed by atoms with E-state index in [4.69, 9.17) is 5.73 Å².